The summed E-state index contributed by atoms with van der Waals surface area (Å²) in [7, 11) is -4.31. The molecule has 6 rings (SSSR count). The van der Waals surface area contributed by atoms with Gasteiger partial charge in [0.15, 0.2) is 0 Å². The Morgan fingerprint density at radius 1 is 1.03 bits per heavy atom. The van der Waals surface area contributed by atoms with Crippen molar-refractivity contribution >= 4 is 50.9 Å². The molecule has 1 unspecified atom stereocenters. The molecule has 2 amide bonds. The first-order valence-electron chi connectivity index (χ1n) is 12.6. The third kappa shape index (κ3) is 4.86. The molecule has 8 nitrogen and oxygen atoms in total. The van der Waals surface area contributed by atoms with E-state index in [-0.39, 0.29) is 66.2 Å². The third-order valence-corrected chi connectivity index (χ3v) is 11.0. The van der Waals surface area contributed by atoms with Gasteiger partial charge in [-0.1, -0.05) is 30.1 Å². The van der Waals surface area contributed by atoms with Crippen molar-refractivity contribution in [1.82, 2.24) is 9.62 Å². The zero-order valence-corrected chi connectivity index (χ0v) is 22.9. The second-order valence-electron chi connectivity index (χ2n) is 11.2. The molecule has 0 spiro atoms. The molecule has 4 saturated carbocycles. The number of carbonyl (C=O) groups excluding carboxylic acids is 2. The molecule has 1 aromatic carbocycles. The van der Waals surface area contributed by atoms with Crippen LogP contribution < -0.4 is 15.4 Å². The van der Waals surface area contributed by atoms with E-state index in [0.717, 1.165) is 34.3 Å². The van der Waals surface area contributed by atoms with Crippen LogP contribution in [0.25, 0.3) is 0 Å². The highest BCUT2D eigenvalue weighted by atomic mass is 35.5. The summed E-state index contributed by atoms with van der Waals surface area (Å²) < 4.78 is 68.4. The van der Waals surface area contributed by atoms with Gasteiger partial charge in [0.25, 0.3) is 0 Å². The number of amides is 2. The van der Waals surface area contributed by atoms with E-state index in [2.05, 4.69) is 5.32 Å². The van der Waals surface area contributed by atoms with E-state index in [9.17, 15) is 31.2 Å². The number of carbonyl (C=O) groups is 2. The van der Waals surface area contributed by atoms with Crippen LogP contribution in [0.2, 0.25) is 10.0 Å². The second-order valence-corrected chi connectivity index (χ2v) is 13.9. The molecule has 1 aromatic rings. The predicted octanol–water partition coefficient (Wildman–Crippen LogP) is 3.67. The van der Waals surface area contributed by atoms with Crippen LogP contribution in [0, 0.1) is 35.5 Å². The molecular formula is C24H29Cl2F3N4O4S. The fourth-order valence-corrected chi connectivity index (χ4v) is 9.98. The minimum absolute atomic E-state index is 0.0537. The first-order valence-corrected chi connectivity index (χ1v) is 14.7. The van der Waals surface area contributed by atoms with E-state index in [1.807, 2.05) is 0 Å². The number of hydrogen-bond acceptors (Lipinski definition) is 4. The molecule has 5 aliphatic rings. The SMILES string of the molecule is CC1CN(CC(=O)NC2C3CC4CC2CC(C3)C4C(N)=O)S(=O)(=O)N(c2c(Cl)cc(C(F)(F)F)cc2Cl)C1. The van der Waals surface area contributed by atoms with E-state index in [4.69, 9.17) is 28.9 Å². The zero-order chi connectivity index (χ0) is 27.7. The van der Waals surface area contributed by atoms with E-state index < -0.39 is 44.4 Å². The Bertz CT molecular complexity index is 1210. The van der Waals surface area contributed by atoms with Crippen LogP contribution in [0.5, 0.6) is 0 Å². The van der Waals surface area contributed by atoms with Gasteiger partial charge in [0.1, 0.15) is 0 Å². The van der Waals surface area contributed by atoms with Crippen LogP contribution in [0.15, 0.2) is 12.1 Å². The van der Waals surface area contributed by atoms with E-state index in [0.29, 0.717) is 12.1 Å². The van der Waals surface area contributed by atoms with Crippen LogP contribution in [0.3, 0.4) is 0 Å². The van der Waals surface area contributed by atoms with Crippen molar-refractivity contribution in [3.63, 3.8) is 0 Å². The summed E-state index contributed by atoms with van der Waals surface area (Å²) in [6.07, 6.45) is -1.47. The highest BCUT2D eigenvalue weighted by Crippen LogP contribution is 2.56. The van der Waals surface area contributed by atoms with Gasteiger partial charge in [-0.25, -0.2) is 0 Å². The van der Waals surface area contributed by atoms with Crippen molar-refractivity contribution in [2.45, 2.75) is 44.8 Å². The number of primary amides is 1. The number of nitrogens with two attached hydrogens (primary N) is 1. The number of nitrogens with one attached hydrogen (secondary N) is 1. The maximum atomic E-state index is 13.5. The van der Waals surface area contributed by atoms with Gasteiger partial charge in [0.05, 0.1) is 27.8 Å². The van der Waals surface area contributed by atoms with E-state index in [1.54, 1.807) is 6.92 Å². The maximum Gasteiger partial charge on any atom is 0.416 e. The number of hydrogen-bond donors (Lipinski definition) is 2. The van der Waals surface area contributed by atoms with Crippen LogP contribution >= 0.6 is 23.2 Å². The van der Waals surface area contributed by atoms with Crippen molar-refractivity contribution in [2.75, 3.05) is 23.9 Å². The highest BCUT2D eigenvalue weighted by molar-refractivity contribution is 7.90. The smallest absolute Gasteiger partial charge is 0.369 e. The normalized spacial score (nSPS) is 34.4. The zero-order valence-electron chi connectivity index (χ0n) is 20.5. The van der Waals surface area contributed by atoms with Gasteiger partial charge in [0, 0.05) is 25.0 Å². The molecule has 3 N–H and O–H groups in total. The average Bonchev–Trinajstić information content (AvgIpc) is 2.77. The molecule has 38 heavy (non-hydrogen) atoms. The Balaban J connectivity index is 1.31. The summed E-state index contributed by atoms with van der Waals surface area (Å²) in [5.74, 6) is -0.152. The summed E-state index contributed by atoms with van der Waals surface area (Å²) in [6.45, 7) is 1.34. The second kappa shape index (κ2) is 9.71. The lowest BCUT2D eigenvalue weighted by Crippen LogP contribution is -2.62. The summed E-state index contributed by atoms with van der Waals surface area (Å²) in [6, 6.07) is 1.19. The first kappa shape index (κ1) is 27.8. The Morgan fingerprint density at radius 2 is 1.55 bits per heavy atom. The molecule has 210 valence electrons. The van der Waals surface area contributed by atoms with Crippen molar-refractivity contribution in [3.05, 3.63) is 27.7 Å². The molecule has 0 aromatic heterocycles. The van der Waals surface area contributed by atoms with Crippen molar-refractivity contribution in [1.29, 1.82) is 0 Å². The van der Waals surface area contributed by atoms with Gasteiger partial charge in [-0.2, -0.15) is 25.9 Å². The lowest BCUT2D eigenvalue weighted by Gasteiger charge is -2.57. The number of benzene rings is 1. The summed E-state index contributed by atoms with van der Waals surface area (Å²) in [5.41, 5.74) is 4.29. The lowest BCUT2D eigenvalue weighted by atomic mass is 9.50. The number of rotatable bonds is 5. The van der Waals surface area contributed by atoms with E-state index >= 15 is 0 Å². The highest BCUT2D eigenvalue weighted by Gasteiger charge is 2.55. The molecule has 4 aliphatic carbocycles. The molecule has 1 aliphatic heterocycles. The van der Waals surface area contributed by atoms with Crippen LogP contribution in [-0.4, -0.2) is 50.2 Å². The molecule has 4 bridgehead atoms. The van der Waals surface area contributed by atoms with Gasteiger partial charge in [0.2, 0.25) is 11.8 Å². The largest absolute Gasteiger partial charge is 0.416 e. The van der Waals surface area contributed by atoms with Gasteiger partial charge in [-0.05, 0) is 67.4 Å². The monoisotopic (exact) mass is 596 g/mol. The van der Waals surface area contributed by atoms with Crippen LogP contribution in [0.1, 0.15) is 38.2 Å². The minimum Gasteiger partial charge on any atom is -0.369 e. The topological polar surface area (TPSA) is 113 Å². The predicted molar refractivity (Wildman–Crippen MR) is 136 cm³/mol. The molecule has 14 heteroatoms. The van der Waals surface area contributed by atoms with Crippen LogP contribution in [-0.2, 0) is 26.0 Å². The molecular weight excluding hydrogens is 568 g/mol. The fourth-order valence-electron chi connectivity index (χ4n) is 7.31. The molecule has 1 saturated heterocycles. The quantitative estimate of drug-likeness (QED) is 0.540. The van der Waals surface area contributed by atoms with Crippen molar-refractivity contribution in [2.24, 2.45) is 41.2 Å². The Morgan fingerprint density at radius 3 is 2.03 bits per heavy atom. The molecule has 5 fully saturated rings. The number of halogens is 5. The number of nitrogens with zero attached hydrogens (tertiary/aromatic N) is 2. The van der Waals surface area contributed by atoms with Gasteiger partial charge >= 0.3 is 16.4 Å². The number of alkyl halides is 3. The fraction of sp³-hybridized carbons (Fsp3) is 0.667. The standard InChI is InChI=1S/C24H29Cl2F3N4O4S/c1-11-8-32(38(36,37)33(9-11)22-17(25)6-16(7-18(22)26)24(27,28)29)10-19(34)31-21-14-2-12-3-15(21)5-13(4-14)20(12)23(30)35/h6-7,11-15,20-21H,2-5,8-10H2,1H3,(H2,30,35)(H,31,34). The van der Waals surface area contributed by atoms with Gasteiger partial charge in [-0.3, -0.25) is 13.9 Å². The van der Waals surface area contributed by atoms with Gasteiger partial charge < -0.3 is 11.1 Å². The van der Waals surface area contributed by atoms with Gasteiger partial charge in [-0.15, -0.1) is 0 Å². The summed E-state index contributed by atoms with van der Waals surface area (Å²) >= 11 is 12.2. The Hall–Kier alpha value is -1.76. The molecule has 0 radical (unpaired) electrons. The van der Waals surface area contributed by atoms with Crippen LogP contribution in [0.4, 0.5) is 18.9 Å². The molecule has 1 heterocycles. The molecule has 1 atom stereocenters. The summed E-state index contributed by atoms with van der Waals surface area (Å²) in [4.78, 5) is 25.0. The maximum absolute atomic E-state index is 13.5. The Kier molecular flexibility index (Phi) is 7.10. The first-order chi connectivity index (χ1) is 17.7. The lowest BCUT2D eigenvalue weighted by molar-refractivity contribution is -0.140. The van der Waals surface area contributed by atoms with Crippen molar-refractivity contribution in [3.8, 4) is 0 Å². The summed E-state index contributed by atoms with van der Waals surface area (Å²) in [5, 5.41) is 2.15. The Labute approximate surface area is 229 Å². The average molecular weight is 597 g/mol. The van der Waals surface area contributed by atoms with E-state index in [1.165, 1.54) is 0 Å². The number of anilines is 1. The minimum atomic E-state index is -4.71. The van der Waals surface area contributed by atoms with Crippen molar-refractivity contribution < 1.29 is 31.2 Å². The third-order valence-electron chi connectivity index (χ3n) is 8.62.